The van der Waals surface area contributed by atoms with Gasteiger partial charge in [-0.1, -0.05) is 41.0 Å². The molecule has 2 N–H and O–H groups in total. The average molecular weight is 266 g/mol. The molecule has 19 heavy (non-hydrogen) atoms. The van der Waals surface area contributed by atoms with Crippen LogP contribution in [0.3, 0.4) is 0 Å². The molecule has 1 aliphatic heterocycles. The van der Waals surface area contributed by atoms with Crippen LogP contribution in [0.2, 0.25) is 0 Å². The van der Waals surface area contributed by atoms with Crippen LogP contribution in [0.4, 0.5) is 0 Å². The van der Waals surface area contributed by atoms with Gasteiger partial charge in [-0.3, -0.25) is 4.79 Å². The fraction of sp³-hybridized carbons (Fsp3) is 0.938. The molecule has 1 saturated heterocycles. The van der Waals surface area contributed by atoms with Crippen molar-refractivity contribution < 1.29 is 4.79 Å². The molecule has 0 aromatic heterocycles. The molecule has 1 aliphatic carbocycles. The summed E-state index contributed by atoms with van der Waals surface area (Å²) in [6, 6.07) is 0.330. The Morgan fingerprint density at radius 2 is 1.68 bits per heavy atom. The van der Waals surface area contributed by atoms with Crippen molar-refractivity contribution in [2.24, 2.45) is 16.2 Å². The first-order valence-electron chi connectivity index (χ1n) is 7.80. The summed E-state index contributed by atoms with van der Waals surface area (Å²) in [4.78, 5) is 12.8. The van der Waals surface area contributed by atoms with E-state index in [0.717, 1.165) is 38.8 Å². The van der Waals surface area contributed by atoms with E-state index in [1.165, 1.54) is 0 Å². The first-order valence-corrected chi connectivity index (χ1v) is 7.80. The molecule has 2 fully saturated rings. The monoisotopic (exact) mass is 266 g/mol. The molecule has 1 saturated carbocycles. The summed E-state index contributed by atoms with van der Waals surface area (Å²) in [6.45, 7) is 13.2. The van der Waals surface area contributed by atoms with Gasteiger partial charge in [0.15, 0.2) is 0 Å². The van der Waals surface area contributed by atoms with Gasteiger partial charge >= 0.3 is 0 Å². The lowest BCUT2D eigenvalue weighted by Gasteiger charge is -2.36. The van der Waals surface area contributed by atoms with Gasteiger partial charge in [-0.15, -0.1) is 0 Å². The third-order valence-electron chi connectivity index (χ3n) is 6.07. The maximum Gasteiger partial charge on any atom is 0.226 e. The third-order valence-corrected chi connectivity index (χ3v) is 6.07. The van der Waals surface area contributed by atoms with Crippen LogP contribution in [0.15, 0.2) is 0 Å². The normalized spacial score (nSPS) is 27.8. The number of hydrogen-bond acceptors (Lipinski definition) is 2. The van der Waals surface area contributed by atoms with Gasteiger partial charge < -0.3 is 10.6 Å². The summed E-state index contributed by atoms with van der Waals surface area (Å²) < 4.78 is 0. The van der Waals surface area contributed by atoms with E-state index in [9.17, 15) is 4.79 Å². The van der Waals surface area contributed by atoms with Crippen LogP contribution in [0.1, 0.15) is 60.3 Å². The molecule has 2 rings (SSSR count). The predicted octanol–water partition coefficient (Wildman–Crippen LogP) is 2.71. The smallest absolute Gasteiger partial charge is 0.226 e. The van der Waals surface area contributed by atoms with Crippen molar-refractivity contribution in [2.75, 3.05) is 13.1 Å². The molecule has 0 unspecified atom stereocenters. The highest BCUT2D eigenvalue weighted by molar-refractivity contribution is 5.83. The second-order valence-electron chi connectivity index (χ2n) is 7.63. The SMILES string of the molecule is CCCC1(C(=O)NC2C(C)(C)C2(C)C)CCNCC1. The zero-order valence-electron chi connectivity index (χ0n) is 13.2. The van der Waals surface area contributed by atoms with Crippen LogP contribution in [0.25, 0.3) is 0 Å². The molecule has 0 aromatic rings. The van der Waals surface area contributed by atoms with Crippen LogP contribution in [0, 0.1) is 16.2 Å². The van der Waals surface area contributed by atoms with Gasteiger partial charge in [0.2, 0.25) is 5.91 Å². The molecular formula is C16H30N2O. The summed E-state index contributed by atoms with van der Waals surface area (Å²) in [5.74, 6) is 0.305. The summed E-state index contributed by atoms with van der Waals surface area (Å²) in [5, 5.41) is 6.74. The molecule has 0 spiro atoms. The lowest BCUT2D eigenvalue weighted by Crippen LogP contribution is -2.49. The maximum atomic E-state index is 12.8. The topological polar surface area (TPSA) is 41.1 Å². The molecule has 1 heterocycles. The molecule has 0 bridgehead atoms. The van der Waals surface area contributed by atoms with E-state index in [2.05, 4.69) is 45.3 Å². The van der Waals surface area contributed by atoms with E-state index in [1.807, 2.05) is 0 Å². The second-order valence-corrected chi connectivity index (χ2v) is 7.63. The van der Waals surface area contributed by atoms with E-state index in [1.54, 1.807) is 0 Å². The fourth-order valence-corrected chi connectivity index (χ4v) is 3.82. The Balaban J connectivity index is 2.05. The first kappa shape index (κ1) is 14.8. The molecular weight excluding hydrogens is 236 g/mol. The molecule has 0 atom stereocenters. The van der Waals surface area contributed by atoms with Crippen molar-refractivity contribution in [1.29, 1.82) is 0 Å². The molecule has 1 amide bonds. The zero-order valence-corrected chi connectivity index (χ0v) is 13.2. The Bertz CT molecular complexity index is 334. The van der Waals surface area contributed by atoms with Gasteiger partial charge in [-0.2, -0.15) is 0 Å². The number of carbonyl (C=O) groups excluding carboxylic acids is 1. The highest BCUT2D eigenvalue weighted by Crippen LogP contribution is 2.62. The molecule has 110 valence electrons. The van der Waals surface area contributed by atoms with Crippen molar-refractivity contribution in [1.82, 2.24) is 10.6 Å². The number of piperidine rings is 1. The van der Waals surface area contributed by atoms with Gasteiger partial charge in [0.05, 0.1) is 5.41 Å². The Labute approximate surface area is 117 Å². The predicted molar refractivity (Wildman–Crippen MR) is 78.9 cm³/mol. The molecule has 3 heteroatoms. The zero-order chi connectivity index (χ0) is 14.3. The van der Waals surface area contributed by atoms with Crippen LogP contribution in [-0.2, 0) is 4.79 Å². The molecule has 3 nitrogen and oxygen atoms in total. The first-order chi connectivity index (χ1) is 8.78. The number of amides is 1. The van der Waals surface area contributed by atoms with Crippen LogP contribution in [0.5, 0.6) is 0 Å². The average Bonchev–Trinajstić information content (AvgIpc) is 2.73. The van der Waals surface area contributed by atoms with E-state index in [4.69, 9.17) is 0 Å². The van der Waals surface area contributed by atoms with Gasteiger partial charge in [0, 0.05) is 6.04 Å². The summed E-state index contributed by atoms with van der Waals surface area (Å²) in [7, 11) is 0. The highest BCUT2D eigenvalue weighted by Gasteiger charge is 2.66. The molecule has 2 aliphatic rings. The Morgan fingerprint density at radius 3 is 2.11 bits per heavy atom. The van der Waals surface area contributed by atoms with E-state index >= 15 is 0 Å². The summed E-state index contributed by atoms with van der Waals surface area (Å²) in [5.41, 5.74) is 0.334. The fourth-order valence-electron chi connectivity index (χ4n) is 3.82. The van der Waals surface area contributed by atoms with Crippen LogP contribution >= 0.6 is 0 Å². The second kappa shape index (κ2) is 4.76. The Kier molecular flexibility index (Phi) is 3.72. The van der Waals surface area contributed by atoms with Gasteiger partial charge in [0.1, 0.15) is 0 Å². The van der Waals surface area contributed by atoms with Crippen molar-refractivity contribution in [2.45, 2.75) is 66.3 Å². The quantitative estimate of drug-likeness (QED) is 0.821. The van der Waals surface area contributed by atoms with E-state index in [0.29, 0.717) is 11.9 Å². The van der Waals surface area contributed by atoms with Crippen LogP contribution < -0.4 is 10.6 Å². The van der Waals surface area contributed by atoms with Crippen molar-refractivity contribution in [3.8, 4) is 0 Å². The molecule has 0 radical (unpaired) electrons. The lowest BCUT2D eigenvalue weighted by atomic mass is 9.74. The summed E-state index contributed by atoms with van der Waals surface area (Å²) in [6.07, 6.45) is 4.08. The number of hydrogen-bond donors (Lipinski definition) is 2. The number of nitrogens with one attached hydrogen (secondary N) is 2. The lowest BCUT2D eigenvalue weighted by molar-refractivity contribution is -0.133. The minimum atomic E-state index is -0.116. The van der Waals surface area contributed by atoms with E-state index < -0.39 is 0 Å². The van der Waals surface area contributed by atoms with E-state index in [-0.39, 0.29) is 16.2 Å². The van der Waals surface area contributed by atoms with Crippen molar-refractivity contribution >= 4 is 5.91 Å². The Morgan fingerprint density at radius 1 is 1.16 bits per heavy atom. The minimum absolute atomic E-state index is 0.116. The largest absolute Gasteiger partial charge is 0.352 e. The maximum absolute atomic E-state index is 12.8. The Hall–Kier alpha value is -0.570. The minimum Gasteiger partial charge on any atom is -0.352 e. The number of carbonyl (C=O) groups is 1. The van der Waals surface area contributed by atoms with Gasteiger partial charge in [-0.25, -0.2) is 0 Å². The standard InChI is InChI=1S/C16H30N2O/c1-6-7-16(8-10-17-11-9-16)13(19)18-12-14(2,3)15(12,4)5/h12,17H,6-11H2,1-5H3,(H,18,19). The van der Waals surface area contributed by atoms with Crippen LogP contribution in [-0.4, -0.2) is 25.0 Å². The molecule has 0 aromatic carbocycles. The van der Waals surface area contributed by atoms with Gasteiger partial charge in [0.25, 0.3) is 0 Å². The highest BCUT2D eigenvalue weighted by atomic mass is 16.2. The summed E-state index contributed by atoms with van der Waals surface area (Å²) >= 11 is 0. The third kappa shape index (κ3) is 2.31. The number of rotatable bonds is 4. The van der Waals surface area contributed by atoms with Gasteiger partial charge in [-0.05, 0) is 43.2 Å². The van der Waals surface area contributed by atoms with Crippen molar-refractivity contribution in [3.63, 3.8) is 0 Å². The van der Waals surface area contributed by atoms with Crippen molar-refractivity contribution in [3.05, 3.63) is 0 Å².